The molecule has 0 radical (unpaired) electrons. The first kappa shape index (κ1) is 21.5. The van der Waals surface area contributed by atoms with Crippen LogP contribution in [0, 0.1) is 5.82 Å². The third-order valence-corrected chi connectivity index (χ3v) is 5.38. The fraction of sp³-hybridized carbons (Fsp3) is 0.167. The zero-order valence-corrected chi connectivity index (χ0v) is 16.7. The second-order valence-corrected chi connectivity index (χ2v) is 7.41. The summed E-state index contributed by atoms with van der Waals surface area (Å²) in [6.07, 6.45) is -4.09. The average Bonchev–Trinajstić information content (AvgIpc) is 2.79. The molecule has 0 aromatic heterocycles. The van der Waals surface area contributed by atoms with Crippen molar-refractivity contribution in [2.75, 3.05) is 11.9 Å². The Morgan fingerprint density at radius 1 is 0.844 bits per heavy atom. The van der Waals surface area contributed by atoms with Gasteiger partial charge in [-0.15, -0.1) is 0 Å². The van der Waals surface area contributed by atoms with E-state index in [1.165, 1.54) is 35.2 Å². The topological polar surface area (TPSA) is 49.4 Å². The molecule has 0 fully saturated rings. The van der Waals surface area contributed by atoms with E-state index in [1.54, 1.807) is 0 Å². The van der Waals surface area contributed by atoms with Gasteiger partial charge in [0.15, 0.2) is 5.82 Å². The van der Waals surface area contributed by atoms with E-state index in [4.69, 9.17) is 0 Å². The first-order valence-corrected chi connectivity index (χ1v) is 9.88. The Hall–Kier alpha value is -3.68. The van der Waals surface area contributed by atoms with Crippen LogP contribution in [0.2, 0.25) is 0 Å². The van der Waals surface area contributed by atoms with Crippen LogP contribution in [-0.2, 0) is 28.7 Å². The quantitative estimate of drug-likeness (QED) is 0.447. The lowest BCUT2D eigenvalue weighted by molar-refractivity contribution is -0.143. The molecule has 32 heavy (non-hydrogen) atoms. The summed E-state index contributed by atoms with van der Waals surface area (Å²) in [7, 11) is 0. The summed E-state index contributed by atoms with van der Waals surface area (Å²) >= 11 is 0. The van der Waals surface area contributed by atoms with Crippen molar-refractivity contribution in [3.8, 4) is 11.1 Å². The molecule has 1 N–H and O–H groups in total. The molecule has 0 unspecified atom stereocenters. The van der Waals surface area contributed by atoms with Gasteiger partial charge < -0.3 is 10.2 Å². The number of hydrogen-bond donors (Lipinski definition) is 1. The van der Waals surface area contributed by atoms with Crippen LogP contribution in [0.3, 0.4) is 0 Å². The van der Waals surface area contributed by atoms with Gasteiger partial charge in [0.2, 0.25) is 0 Å². The van der Waals surface area contributed by atoms with E-state index in [0.29, 0.717) is 13.0 Å². The van der Waals surface area contributed by atoms with E-state index >= 15 is 4.39 Å². The second kappa shape index (κ2) is 8.45. The Kier molecular flexibility index (Phi) is 5.69. The molecule has 0 spiro atoms. The maximum absolute atomic E-state index is 15.1. The molecule has 0 atom stereocenters. The minimum atomic E-state index is -4.68. The molecule has 4 nitrogen and oxygen atoms in total. The number of amides is 2. The molecule has 164 valence electrons. The van der Waals surface area contributed by atoms with Crippen LogP contribution in [0.25, 0.3) is 11.1 Å². The number of rotatable bonds is 2. The van der Waals surface area contributed by atoms with E-state index in [1.807, 2.05) is 24.3 Å². The van der Waals surface area contributed by atoms with Gasteiger partial charge in [-0.05, 0) is 35.2 Å². The average molecular weight is 442 g/mol. The van der Waals surface area contributed by atoms with Gasteiger partial charge in [-0.3, -0.25) is 9.59 Å². The first-order valence-electron chi connectivity index (χ1n) is 9.88. The normalized spacial score (nSPS) is 13.4. The monoisotopic (exact) mass is 442 g/mol. The number of nitrogens with one attached hydrogen (secondary N) is 1. The highest BCUT2D eigenvalue weighted by atomic mass is 19.4. The molecule has 1 heterocycles. The second-order valence-electron chi connectivity index (χ2n) is 7.41. The van der Waals surface area contributed by atoms with Crippen LogP contribution in [0.4, 0.5) is 23.2 Å². The fourth-order valence-corrected chi connectivity index (χ4v) is 3.79. The molecule has 3 aromatic rings. The van der Waals surface area contributed by atoms with Gasteiger partial charge in [-0.25, -0.2) is 4.39 Å². The summed E-state index contributed by atoms with van der Waals surface area (Å²) in [5.74, 6) is -2.93. The highest BCUT2D eigenvalue weighted by Gasteiger charge is 2.34. The number of alkyl halides is 3. The Balaban J connectivity index is 1.56. The molecule has 8 heteroatoms. The van der Waals surface area contributed by atoms with E-state index in [9.17, 15) is 22.8 Å². The van der Waals surface area contributed by atoms with Crippen molar-refractivity contribution in [2.45, 2.75) is 19.1 Å². The molecule has 3 aromatic carbocycles. The van der Waals surface area contributed by atoms with E-state index in [0.717, 1.165) is 23.3 Å². The number of carbonyl (C=O) groups excluding carboxylic acids is 2. The molecule has 1 aliphatic heterocycles. The number of benzene rings is 3. The SMILES string of the molecule is O=C(Nc1cccc(-c2ccccc2C(F)(F)F)c1F)C(=O)N1CCc2ccccc2C1. The zero-order chi connectivity index (χ0) is 22.9. The summed E-state index contributed by atoms with van der Waals surface area (Å²) < 4.78 is 55.1. The van der Waals surface area contributed by atoms with Crippen molar-refractivity contribution < 1.29 is 27.2 Å². The van der Waals surface area contributed by atoms with Crippen LogP contribution < -0.4 is 5.32 Å². The smallest absolute Gasteiger partial charge is 0.330 e. The molecule has 0 bridgehead atoms. The zero-order valence-electron chi connectivity index (χ0n) is 16.7. The van der Waals surface area contributed by atoms with Crippen LogP contribution in [0.5, 0.6) is 0 Å². The molecular weight excluding hydrogens is 424 g/mol. The minimum absolute atomic E-state index is 0.254. The van der Waals surface area contributed by atoms with Crippen molar-refractivity contribution in [3.63, 3.8) is 0 Å². The summed E-state index contributed by atoms with van der Waals surface area (Å²) in [5, 5.41) is 2.21. The Bertz CT molecular complexity index is 1190. The number of halogens is 4. The van der Waals surface area contributed by atoms with E-state index in [2.05, 4.69) is 5.32 Å². The van der Waals surface area contributed by atoms with Crippen molar-refractivity contribution in [1.82, 2.24) is 4.90 Å². The molecule has 0 saturated heterocycles. The lowest BCUT2D eigenvalue weighted by atomic mass is 9.98. The molecule has 4 rings (SSSR count). The summed E-state index contributed by atoms with van der Waals surface area (Å²) in [6, 6.07) is 15.9. The summed E-state index contributed by atoms with van der Waals surface area (Å²) in [5.41, 5.74) is -0.0146. The molecule has 1 aliphatic rings. The van der Waals surface area contributed by atoms with Gasteiger partial charge in [-0.1, -0.05) is 54.6 Å². The molecule has 0 saturated carbocycles. The van der Waals surface area contributed by atoms with Crippen LogP contribution in [0.15, 0.2) is 66.7 Å². The van der Waals surface area contributed by atoms with E-state index < -0.39 is 29.4 Å². The number of hydrogen-bond acceptors (Lipinski definition) is 2. The number of carbonyl (C=O) groups is 2. The molecule has 2 amide bonds. The Labute approximate surface area is 181 Å². The number of nitrogens with zero attached hydrogens (tertiary/aromatic N) is 1. The van der Waals surface area contributed by atoms with Gasteiger partial charge in [0.05, 0.1) is 11.3 Å². The van der Waals surface area contributed by atoms with Gasteiger partial charge >= 0.3 is 18.0 Å². The summed E-state index contributed by atoms with van der Waals surface area (Å²) in [4.78, 5) is 26.5. The Morgan fingerprint density at radius 2 is 1.50 bits per heavy atom. The first-order chi connectivity index (χ1) is 15.3. The third-order valence-electron chi connectivity index (χ3n) is 5.38. The van der Waals surface area contributed by atoms with Gasteiger partial charge in [0.25, 0.3) is 0 Å². The lowest BCUT2D eigenvalue weighted by Gasteiger charge is -2.28. The summed E-state index contributed by atoms with van der Waals surface area (Å²) in [6.45, 7) is 0.592. The van der Waals surface area contributed by atoms with E-state index in [-0.39, 0.29) is 23.4 Å². The highest BCUT2D eigenvalue weighted by molar-refractivity contribution is 6.39. The number of fused-ring (bicyclic) bond motifs is 1. The highest BCUT2D eigenvalue weighted by Crippen LogP contribution is 2.38. The van der Waals surface area contributed by atoms with Crippen molar-refractivity contribution >= 4 is 17.5 Å². The third kappa shape index (κ3) is 4.21. The molecule has 0 aliphatic carbocycles. The van der Waals surface area contributed by atoms with Crippen LogP contribution in [0.1, 0.15) is 16.7 Å². The molecular formula is C24H18F4N2O2. The maximum Gasteiger partial charge on any atom is 0.417 e. The van der Waals surface area contributed by atoms with Crippen molar-refractivity contribution in [3.05, 3.63) is 89.2 Å². The lowest BCUT2D eigenvalue weighted by Crippen LogP contribution is -2.42. The predicted octanol–water partition coefficient (Wildman–Crippen LogP) is 5.03. The minimum Gasteiger partial charge on any atom is -0.330 e. The van der Waals surface area contributed by atoms with Crippen molar-refractivity contribution in [1.29, 1.82) is 0 Å². The standard InChI is InChI=1S/C24H18F4N2O2/c25-21-18(17-8-3-4-10-19(17)24(26,27)28)9-5-11-20(21)29-22(31)23(32)30-13-12-15-6-1-2-7-16(15)14-30/h1-11H,12-14H2,(H,29,31). The van der Waals surface area contributed by atoms with Gasteiger partial charge in [-0.2, -0.15) is 13.2 Å². The van der Waals surface area contributed by atoms with Gasteiger partial charge in [0.1, 0.15) is 0 Å². The predicted molar refractivity (Wildman–Crippen MR) is 111 cm³/mol. The van der Waals surface area contributed by atoms with Crippen molar-refractivity contribution in [2.24, 2.45) is 0 Å². The largest absolute Gasteiger partial charge is 0.417 e. The van der Waals surface area contributed by atoms with Crippen LogP contribution >= 0.6 is 0 Å². The Morgan fingerprint density at radius 3 is 2.25 bits per heavy atom. The van der Waals surface area contributed by atoms with Gasteiger partial charge in [0, 0.05) is 18.7 Å². The number of anilines is 1. The van der Waals surface area contributed by atoms with Crippen LogP contribution in [-0.4, -0.2) is 23.3 Å². The fourth-order valence-electron chi connectivity index (χ4n) is 3.79. The maximum atomic E-state index is 15.1.